The molecule has 0 aromatic heterocycles. The maximum Gasteiger partial charge on any atom is 0.274 e. The summed E-state index contributed by atoms with van der Waals surface area (Å²) in [6.07, 6.45) is 2.88. The Morgan fingerprint density at radius 3 is 2.78 bits per heavy atom. The number of benzene rings is 1. The molecular formula is C12H17FN2O3. The van der Waals surface area contributed by atoms with Crippen LogP contribution in [0.4, 0.5) is 15.8 Å². The summed E-state index contributed by atoms with van der Waals surface area (Å²) in [5.74, 6) is -0.605. The molecule has 0 bridgehead atoms. The summed E-state index contributed by atoms with van der Waals surface area (Å²) in [7, 11) is 1.66. The van der Waals surface area contributed by atoms with Crippen LogP contribution in [0.2, 0.25) is 0 Å². The Hall–Kier alpha value is -1.69. The van der Waals surface area contributed by atoms with Gasteiger partial charge >= 0.3 is 0 Å². The topological polar surface area (TPSA) is 64.4 Å². The van der Waals surface area contributed by atoms with Gasteiger partial charge in [0.25, 0.3) is 5.69 Å². The minimum Gasteiger partial charge on any atom is -0.385 e. The second kappa shape index (κ2) is 7.60. The fourth-order valence-electron chi connectivity index (χ4n) is 1.56. The molecule has 0 heterocycles. The quantitative estimate of drug-likeness (QED) is 0.441. The highest BCUT2D eigenvalue weighted by Gasteiger charge is 2.09. The lowest BCUT2D eigenvalue weighted by atomic mass is 10.2. The Morgan fingerprint density at radius 2 is 2.11 bits per heavy atom. The molecule has 1 aromatic carbocycles. The lowest BCUT2D eigenvalue weighted by molar-refractivity contribution is -0.385. The highest BCUT2D eigenvalue weighted by molar-refractivity contribution is 5.51. The lowest BCUT2D eigenvalue weighted by Gasteiger charge is -2.06. The zero-order valence-electron chi connectivity index (χ0n) is 10.3. The van der Waals surface area contributed by atoms with Gasteiger partial charge in [-0.05, 0) is 25.3 Å². The standard InChI is InChI=1S/C12H17FN2O3/c1-18-6-4-2-3-5-14-11-7-10(13)8-12(9-11)15(16)17/h7-9,14H,2-6H2,1H3. The summed E-state index contributed by atoms with van der Waals surface area (Å²) in [5.41, 5.74) is 0.199. The molecular weight excluding hydrogens is 239 g/mol. The molecule has 0 saturated heterocycles. The van der Waals surface area contributed by atoms with E-state index in [1.165, 1.54) is 12.1 Å². The number of nitro groups is 1. The van der Waals surface area contributed by atoms with Crippen LogP contribution in [0.15, 0.2) is 18.2 Å². The van der Waals surface area contributed by atoms with Gasteiger partial charge in [0, 0.05) is 32.0 Å². The normalized spacial score (nSPS) is 10.3. The number of ether oxygens (including phenoxy) is 1. The van der Waals surface area contributed by atoms with Gasteiger partial charge in [0.15, 0.2) is 0 Å². The number of rotatable bonds is 8. The van der Waals surface area contributed by atoms with E-state index in [4.69, 9.17) is 4.74 Å². The molecule has 6 heteroatoms. The van der Waals surface area contributed by atoms with Crippen LogP contribution in [0, 0.1) is 15.9 Å². The lowest BCUT2D eigenvalue weighted by Crippen LogP contribution is -2.03. The summed E-state index contributed by atoms with van der Waals surface area (Å²) in [6.45, 7) is 1.38. The van der Waals surface area contributed by atoms with E-state index in [0.717, 1.165) is 31.9 Å². The number of halogens is 1. The van der Waals surface area contributed by atoms with Crippen molar-refractivity contribution >= 4 is 11.4 Å². The van der Waals surface area contributed by atoms with Gasteiger partial charge in [-0.3, -0.25) is 10.1 Å². The minimum absolute atomic E-state index is 0.239. The number of methoxy groups -OCH3 is 1. The van der Waals surface area contributed by atoms with Gasteiger partial charge < -0.3 is 10.1 Å². The molecule has 0 aliphatic heterocycles. The molecule has 100 valence electrons. The first-order valence-corrected chi connectivity index (χ1v) is 5.81. The van der Waals surface area contributed by atoms with Crippen LogP contribution in [-0.4, -0.2) is 25.2 Å². The van der Waals surface area contributed by atoms with Gasteiger partial charge in [-0.2, -0.15) is 0 Å². The molecule has 1 aromatic rings. The van der Waals surface area contributed by atoms with Crippen LogP contribution in [0.25, 0.3) is 0 Å². The Kier molecular flexibility index (Phi) is 6.07. The molecule has 0 radical (unpaired) electrons. The number of nitrogens with zero attached hydrogens (tertiary/aromatic N) is 1. The molecule has 0 aliphatic rings. The third kappa shape index (κ3) is 5.09. The highest BCUT2D eigenvalue weighted by atomic mass is 19.1. The van der Waals surface area contributed by atoms with E-state index >= 15 is 0 Å². The molecule has 5 nitrogen and oxygen atoms in total. The molecule has 0 aliphatic carbocycles. The van der Waals surface area contributed by atoms with Gasteiger partial charge in [-0.25, -0.2) is 4.39 Å². The minimum atomic E-state index is -0.605. The molecule has 0 amide bonds. The zero-order chi connectivity index (χ0) is 13.4. The number of anilines is 1. The van der Waals surface area contributed by atoms with Crippen molar-refractivity contribution in [2.24, 2.45) is 0 Å². The SMILES string of the molecule is COCCCCCNc1cc(F)cc([N+](=O)[O-])c1. The van der Waals surface area contributed by atoms with Crippen LogP contribution < -0.4 is 5.32 Å². The van der Waals surface area contributed by atoms with Gasteiger partial charge in [-0.1, -0.05) is 0 Å². The van der Waals surface area contributed by atoms with Crippen LogP contribution in [0.1, 0.15) is 19.3 Å². The average Bonchev–Trinajstić information content (AvgIpc) is 2.33. The number of hydrogen-bond donors (Lipinski definition) is 1. The predicted octanol–water partition coefficient (Wildman–Crippen LogP) is 2.96. The van der Waals surface area contributed by atoms with Crippen molar-refractivity contribution in [1.82, 2.24) is 0 Å². The number of unbranched alkanes of at least 4 members (excludes halogenated alkanes) is 2. The van der Waals surface area contributed by atoms with E-state index < -0.39 is 10.7 Å². The summed E-state index contributed by atoms with van der Waals surface area (Å²) in [4.78, 5) is 9.95. The third-order valence-electron chi connectivity index (χ3n) is 2.45. The second-order valence-electron chi connectivity index (χ2n) is 3.94. The predicted molar refractivity (Wildman–Crippen MR) is 67.3 cm³/mol. The molecule has 0 fully saturated rings. The van der Waals surface area contributed by atoms with E-state index in [0.29, 0.717) is 12.2 Å². The van der Waals surface area contributed by atoms with E-state index in [1.54, 1.807) is 7.11 Å². The summed E-state index contributed by atoms with van der Waals surface area (Å²) in [6, 6.07) is 3.49. The number of nitrogens with one attached hydrogen (secondary N) is 1. The van der Waals surface area contributed by atoms with Gasteiger partial charge in [0.2, 0.25) is 0 Å². The molecule has 0 unspecified atom stereocenters. The van der Waals surface area contributed by atoms with E-state index in [1.807, 2.05) is 0 Å². The highest BCUT2D eigenvalue weighted by Crippen LogP contribution is 2.19. The van der Waals surface area contributed by atoms with Crippen molar-refractivity contribution in [1.29, 1.82) is 0 Å². The second-order valence-corrected chi connectivity index (χ2v) is 3.94. The monoisotopic (exact) mass is 256 g/mol. The van der Waals surface area contributed by atoms with Crippen molar-refractivity contribution in [2.75, 3.05) is 25.6 Å². The fraction of sp³-hybridized carbons (Fsp3) is 0.500. The average molecular weight is 256 g/mol. The summed E-state index contributed by atoms with van der Waals surface area (Å²) in [5, 5.41) is 13.5. The van der Waals surface area contributed by atoms with Crippen LogP contribution in [-0.2, 0) is 4.74 Å². The van der Waals surface area contributed by atoms with Crippen molar-refractivity contribution < 1.29 is 14.1 Å². The van der Waals surface area contributed by atoms with Crippen molar-refractivity contribution in [3.63, 3.8) is 0 Å². The van der Waals surface area contributed by atoms with Gasteiger partial charge in [0.05, 0.1) is 11.0 Å². The van der Waals surface area contributed by atoms with Crippen LogP contribution in [0.3, 0.4) is 0 Å². The van der Waals surface area contributed by atoms with E-state index in [2.05, 4.69) is 5.32 Å². The van der Waals surface area contributed by atoms with Crippen LogP contribution >= 0.6 is 0 Å². The first kappa shape index (κ1) is 14.4. The van der Waals surface area contributed by atoms with Gasteiger partial charge in [-0.15, -0.1) is 0 Å². The number of hydrogen-bond acceptors (Lipinski definition) is 4. The zero-order valence-corrected chi connectivity index (χ0v) is 10.3. The van der Waals surface area contributed by atoms with Crippen molar-refractivity contribution in [3.05, 3.63) is 34.1 Å². The molecule has 1 rings (SSSR count). The first-order chi connectivity index (χ1) is 8.63. The number of non-ortho nitro benzene ring substituents is 1. The smallest absolute Gasteiger partial charge is 0.274 e. The Bertz CT molecular complexity index is 399. The van der Waals surface area contributed by atoms with Crippen molar-refractivity contribution in [3.8, 4) is 0 Å². The summed E-state index contributed by atoms with van der Waals surface area (Å²) < 4.78 is 18.0. The maximum atomic E-state index is 13.1. The largest absolute Gasteiger partial charge is 0.385 e. The molecule has 18 heavy (non-hydrogen) atoms. The van der Waals surface area contributed by atoms with E-state index in [9.17, 15) is 14.5 Å². The molecule has 0 saturated carbocycles. The Labute approximate surface area is 105 Å². The molecule has 0 atom stereocenters. The van der Waals surface area contributed by atoms with Gasteiger partial charge in [0.1, 0.15) is 5.82 Å². The fourth-order valence-corrected chi connectivity index (χ4v) is 1.56. The van der Waals surface area contributed by atoms with E-state index in [-0.39, 0.29) is 5.69 Å². The Morgan fingerprint density at radius 1 is 1.33 bits per heavy atom. The molecule has 1 N–H and O–H groups in total. The Balaban J connectivity index is 2.40. The van der Waals surface area contributed by atoms with Crippen LogP contribution in [0.5, 0.6) is 0 Å². The van der Waals surface area contributed by atoms with Crippen molar-refractivity contribution in [2.45, 2.75) is 19.3 Å². The number of nitro benzene ring substituents is 1. The first-order valence-electron chi connectivity index (χ1n) is 5.81. The maximum absolute atomic E-state index is 13.1. The molecule has 0 spiro atoms. The third-order valence-corrected chi connectivity index (χ3v) is 2.45. The summed E-state index contributed by atoms with van der Waals surface area (Å²) >= 11 is 0.